The molecule has 0 radical (unpaired) electrons. The topological polar surface area (TPSA) is 66.4 Å². The SMILES string of the molecule is CC(C)CS(=O)(=O)NC(C)CCCO. The summed E-state index contributed by atoms with van der Waals surface area (Å²) < 4.78 is 25.5. The van der Waals surface area contributed by atoms with E-state index in [9.17, 15) is 8.42 Å². The van der Waals surface area contributed by atoms with Crippen LogP contribution in [0.15, 0.2) is 0 Å². The molecular weight excluding hydrogens is 202 g/mol. The third kappa shape index (κ3) is 7.29. The molecule has 0 saturated heterocycles. The molecule has 0 aliphatic rings. The summed E-state index contributed by atoms with van der Waals surface area (Å²) in [5, 5.41) is 8.58. The van der Waals surface area contributed by atoms with Gasteiger partial charge in [0.15, 0.2) is 0 Å². The molecule has 0 amide bonds. The lowest BCUT2D eigenvalue weighted by atomic mass is 10.2. The zero-order chi connectivity index (χ0) is 11.2. The molecule has 0 aliphatic heterocycles. The first kappa shape index (κ1) is 13.9. The van der Waals surface area contributed by atoms with Crippen molar-refractivity contribution in [1.29, 1.82) is 0 Å². The van der Waals surface area contributed by atoms with E-state index < -0.39 is 10.0 Å². The van der Waals surface area contributed by atoms with Gasteiger partial charge in [0.2, 0.25) is 10.0 Å². The van der Waals surface area contributed by atoms with Crippen LogP contribution in [0.2, 0.25) is 0 Å². The van der Waals surface area contributed by atoms with Gasteiger partial charge in [0.25, 0.3) is 0 Å². The summed E-state index contributed by atoms with van der Waals surface area (Å²) in [6.07, 6.45) is 1.30. The van der Waals surface area contributed by atoms with Crippen molar-refractivity contribution in [3.05, 3.63) is 0 Å². The molecule has 0 saturated carbocycles. The minimum absolute atomic E-state index is 0.0918. The highest BCUT2D eigenvalue weighted by atomic mass is 32.2. The van der Waals surface area contributed by atoms with E-state index in [0.29, 0.717) is 12.8 Å². The third-order valence-corrected chi connectivity index (χ3v) is 3.60. The second kappa shape index (κ2) is 6.37. The molecule has 0 aromatic rings. The van der Waals surface area contributed by atoms with Gasteiger partial charge in [-0.2, -0.15) is 0 Å². The molecule has 2 N–H and O–H groups in total. The van der Waals surface area contributed by atoms with Crippen molar-refractivity contribution in [3.8, 4) is 0 Å². The maximum atomic E-state index is 11.4. The van der Waals surface area contributed by atoms with Gasteiger partial charge >= 0.3 is 0 Å². The highest BCUT2D eigenvalue weighted by Crippen LogP contribution is 2.02. The van der Waals surface area contributed by atoms with Gasteiger partial charge < -0.3 is 5.11 Å². The molecular formula is C9H21NO3S. The lowest BCUT2D eigenvalue weighted by Crippen LogP contribution is -2.35. The first-order valence-electron chi connectivity index (χ1n) is 4.98. The molecule has 14 heavy (non-hydrogen) atoms. The smallest absolute Gasteiger partial charge is 0.212 e. The van der Waals surface area contributed by atoms with Gasteiger partial charge in [-0.1, -0.05) is 13.8 Å². The maximum absolute atomic E-state index is 11.4. The van der Waals surface area contributed by atoms with Crippen LogP contribution in [0.3, 0.4) is 0 Å². The van der Waals surface area contributed by atoms with Crippen molar-refractivity contribution >= 4 is 10.0 Å². The fourth-order valence-corrected chi connectivity index (χ4v) is 2.95. The number of hydrogen-bond donors (Lipinski definition) is 2. The van der Waals surface area contributed by atoms with Crippen LogP contribution in [0, 0.1) is 5.92 Å². The Kier molecular flexibility index (Phi) is 6.31. The molecule has 0 aromatic carbocycles. The number of nitrogens with one attached hydrogen (secondary N) is 1. The van der Waals surface area contributed by atoms with E-state index in [0.717, 1.165) is 0 Å². The molecule has 4 nitrogen and oxygen atoms in total. The highest BCUT2D eigenvalue weighted by Gasteiger charge is 2.15. The largest absolute Gasteiger partial charge is 0.396 e. The standard InChI is InChI=1S/C9H21NO3S/c1-8(2)7-14(12,13)10-9(3)5-4-6-11/h8-11H,4-7H2,1-3H3. The predicted octanol–water partition coefficient (Wildman–Crippen LogP) is 0.723. The van der Waals surface area contributed by atoms with E-state index in [1.807, 2.05) is 20.8 Å². The van der Waals surface area contributed by atoms with Crippen LogP contribution >= 0.6 is 0 Å². The van der Waals surface area contributed by atoms with Crippen molar-refractivity contribution < 1.29 is 13.5 Å². The van der Waals surface area contributed by atoms with Gasteiger partial charge in [0.1, 0.15) is 0 Å². The molecule has 0 bridgehead atoms. The van der Waals surface area contributed by atoms with Gasteiger partial charge in [0.05, 0.1) is 5.75 Å². The normalized spacial score (nSPS) is 14.6. The van der Waals surface area contributed by atoms with E-state index in [1.54, 1.807) is 0 Å². The summed E-state index contributed by atoms with van der Waals surface area (Å²) in [6.45, 7) is 5.67. The van der Waals surface area contributed by atoms with Crippen LogP contribution < -0.4 is 4.72 Å². The van der Waals surface area contributed by atoms with Crippen LogP contribution in [-0.4, -0.2) is 31.9 Å². The summed E-state index contributed by atoms with van der Waals surface area (Å²) in [5.74, 6) is 0.300. The monoisotopic (exact) mass is 223 g/mol. The van der Waals surface area contributed by atoms with E-state index in [1.165, 1.54) is 0 Å². The van der Waals surface area contributed by atoms with Gasteiger partial charge in [-0.15, -0.1) is 0 Å². The molecule has 0 fully saturated rings. The van der Waals surface area contributed by atoms with E-state index in [4.69, 9.17) is 5.11 Å². The lowest BCUT2D eigenvalue weighted by molar-refractivity contribution is 0.279. The molecule has 0 heterocycles. The first-order chi connectivity index (χ1) is 6.37. The van der Waals surface area contributed by atoms with Crippen LogP contribution in [0.4, 0.5) is 0 Å². The van der Waals surface area contributed by atoms with Crippen molar-refractivity contribution in [2.24, 2.45) is 5.92 Å². The summed E-state index contributed by atoms with van der Waals surface area (Å²) in [6, 6.07) is -0.0918. The Morgan fingerprint density at radius 3 is 2.29 bits per heavy atom. The van der Waals surface area contributed by atoms with Crippen molar-refractivity contribution in [2.45, 2.75) is 39.7 Å². The van der Waals surface area contributed by atoms with Crippen LogP contribution in [0.1, 0.15) is 33.6 Å². The Labute approximate surface area is 86.8 Å². The Morgan fingerprint density at radius 2 is 1.86 bits per heavy atom. The van der Waals surface area contributed by atoms with Crippen LogP contribution in [-0.2, 0) is 10.0 Å². The average molecular weight is 223 g/mol. The quantitative estimate of drug-likeness (QED) is 0.668. The predicted molar refractivity (Wildman–Crippen MR) is 57.5 cm³/mol. The second-order valence-corrected chi connectivity index (χ2v) is 5.86. The van der Waals surface area contributed by atoms with E-state index in [-0.39, 0.29) is 24.3 Å². The number of sulfonamides is 1. The average Bonchev–Trinajstić information content (AvgIpc) is 1.96. The van der Waals surface area contributed by atoms with Gasteiger partial charge in [-0.05, 0) is 25.7 Å². The molecule has 86 valence electrons. The Bertz CT molecular complexity index is 236. The maximum Gasteiger partial charge on any atom is 0.212 e. The number of aliphatic hydroxyl groups excluding tert-OH is 1. The van der Waals surface area contributed by atoms with E-state index in [2.05, 4.69) is 4.72 Å². The number of rotatable bonds is 7. The molecule has 0 aliphatic carbocycles. The number of aliphatic hydroxyl groups is 1. The fourth-order valence-electron chi connectivity index (χ4n) is 1.25. The Hall–Kier alpha value is -0.130. The van der Waals surface area contributed by atoms with Crippen molar-refractivity contribution in [1.82, 2.24) is 4.72 Å². The molecule has 0 spiro atoms. The third-order valence-electron chi connectivity index (χ3n) is 1.73. The minimum Gasteiger partial charge on any atom is -0.396 e. The van der Waals surface area contributed by atoms with Crippen molar-refractivity contribution in [3.63, 3.8) is 0 Å². The van der Waals surface area contributed by atoms with Gasteiger partial charge in [0, 0.05) is 12.6 Å². The molecule has 5 heteroatoms. The summed E-state index contributed by atoms with van der Waals surface area (Å²) in [4.78, 5) is 0. The van der Waals surface area contributed by atoms with Gasteiger partial charge in [-0.25, -0.2) is 13.1 Å². The molecule has 1 atom stereocenters. The lowest BCUT2D eigenvalue weighted by Gasteiger charge is -2.14. The molecule has 0 rings (SSSR count). The highest BCUT2D eigenvalue weighted by molar-refractivity contribution is 7.89. The number of hydrogen-bond acceptors (Lipinski definition) is 3. The van der Waals surface area contributed by atoms with Crippen LogP contribution in [0.5, 0.6) is 0 Å². The fraction of sp³-hybridized carbons (Fsp3) is 1.00. The zero-order valence-corrected chi connectivity index (χ0v) is 9.97. The Morgan fingerprint density at radius 1 is 1.29 bits per heavy atom. The summed E-state index contributed by atoms with van der Waals surface area (Å²) in [7, 11) is -3.14. The molecule has 0 aromatic heterocycles. The molecule has 1 unspecified atom stereocenters. The zero-order valence-electron chi connectivity index (χ0n) is 9.16. The Balaban J connectivity index is 3.96. The van der Waals surface area contributed by atoms with E-state index >= 15 is 0 Å². The second-order valence-electron chi connectivity index (χ2n) is 4.06. The summed E-state index contributed by atoms with van der Waals surface area (Å²) in [5.41, 5.74) is 0. The first-order valence-corrected chi connectivity index (χ1v) is 6.63. The minimum atomic E-state index is -3.14. The van der Waals surface area contributed by atoms with Crippen LogP contribution in [0.25, 0.3) is 0 Å². The van der Waals surface area contributed by atoms with Gasteiger partial charge in [-0.3, -0.25) is 0 Å². The summed E-state index contributed by atoms with van der Waals surface area (Å²) >= 11 is 0. The van der Waals surface area contributed by atoms with Crippen molar-refractivity contribution in [2.75, 3.05) is 12.4 Å².